The van der Waals surface area contributed by atoms with Crippen molar-refractivity contribution in [1.82, 2.24) is 0 Å². The Bertz CT molecular complexity index is 703. The van der Waals surface area contributed by atoms with Crippen molar-refractivity contribution in [2.75, 3.05) is 26.4 Å². The number of ether oxygens (including phenoxy) is 4. The number of hydrogen-bond donors (Lipinski definition) is 0. The summed E-state index contributed by atoms with van der Waals surface area (Å²) >= 11 is 0. The summed E-state index contributed by atoms with van der Waals surface area (Å²) in [4.78, 5) is 47.8. The van der Waals surface area contributed by atoms with Gasteiger partial charge in [0.15, 0.2) is 13.2 Å². The molecule has 3 unspecified atom stereocenters. The Balaban J connectivity index is 2.77. The average Bonchev–Trinajstić information content (AvgIpc) is 2.71. The number of carbonyl (C=O) groups excluding carboxylic acids is 4. The maximum absolute atomic E-state index is 12.4. The van der Waals surface area contributed by atoms with Crippen molar-refractivity contribution in [2.45, 2.75) is 45.5 Å². The third kappa shape index (κ3) is 10.7. The molecule has 0 radical (unpaired) electrons. The van der Waals surface area contributed by atoms with Crippen LogP contribution in [0, 0.1) is 23.7 Å². The molecule has 190 valence electrons. The van der Waals surface area contributed by atoms with E-state index in [0.29, 0.717) is 0 Å². The molecular weight excluding hydrogens is 470 g/mol. The van der Waals surface area contributed by atoms with Crippen LogP contribution in [0.3, 0.4) is 0 Å². The van der Waals surface area contributed by atoms with Crippen molar-refractivity contribution < 1.29 is 64.5 Å². The van der Waals surface area contributed by atoms with Crippen LogP contribution >= 0.6 is 0 Å². The van der Waals surface area contributed by atoms with Gasteiger partial charge in [0.1, 0.15) is 13.2 Å². The van der Waals surface area contributed by atoms with Crippen molar-refractivity contribution in [3.63, 3.8) is 0 Å². The molecule has 1 aliphatic rings. The molecule has 1 aliphatic carbocycles. The number of rotatable bonds is 9. The van der Waals surface area contributed by atoms with E-state index in [2.05, 4.69) is 9.47 Å². The molecule has 1 saturated carbocycles. The van der Waals surface area contributed by atoms with Gasteiger partial charge >= 0.3 is 36.2 Å². The van der Waals surface area contributed by atoms with Crippen molar-refractivity contribution in [1.29, 1.82) is 0 Å². The van der Waals surface area contributed by atoms with E-state index in [-0.39, 0.29) is 26.1 Å². The third-order valence-corrected chi connectivity index (χ3v) is 4.59. The summed E-state index contributed by atoms with van der Waals surface area (Å²) in [7, 11) is 0. The molecule has 0 aliphatic heterocycles. The Labute approximate surface area is 184 Å². The highest BCUT2D eigenvalue weighted by molar-refractivity contribution is 5.84. The second-order valence-electron chi connectivity index (χ2n) is 7.66. The van der Waals surface area contributed by atoms with E-state index in [1.165, 1.54) is 0 Å². The minimum Gasteiger partial charge on any atom is -0.462 e. The Kier molecular flexibility index (Phi) is 10.4. The fraction of sp³-hybridized carbons (Fsp3) is 0.789. The topological polar surface area (TPSA) is 105 Å². The van der Waals surface area contributed by atoms with E-state index in [0.717, 1.165) is 0 Å². The number of hydrogen-bond acceptors (Lipinski definition) is 8. The molecule has 0 aromatic heterocycles. The minimum absolute atomic E-state index is 0.0978. The molecule has 0 amide bonds. The molecule has 33 heavy (non-hydrogen) atoms. The van der Waals surface area contributed by atoms with Crippen LogP contribution in [0.2, 0.25) is 0 Å². The summed E-state index contributed by atoms with van der Waals surface area (Å²) in [6, 6.07) is 0. The Hall–Kier alpha value is -2.54. The maximum atomic E-state index is 12.4. The lowest BCUT2D eigenvalue weighted by molar-refractivity contribution is -0.199. The van der Waals surface area contributed by atoms with E-state index < -0.39 is 79.5 Å². The first-order valence-corrected chi connectivity index (χ1v) is 9.90. The predicted molar refractivity (Wildman–Crippen MR) is 95.1 cm³/mol. The number of carbonyl (C=O) groups is 4. The van der Waals surface area contributed by atoms with Crippen LogP contribution in [0.1, 0.15) is 33.1 Å². The molecule has 0 aromatic rings. The standard InChI is InChI=1S/C19H24F6O8/c1-10(2)14(26)30-5-6-31-15(27)11-3-4-12(16(28)32-8-18(20,21)22)13(7-11)17(29)33-9-19(23,24)25/h10-13H,3-9H2,1-2H3. The second kappa shape index (κ2) is 12.1. The molecular formula is C19H24F6O8. The van der Waals surface area contributed by atoms with Crippen LogP contribution in [-0.4, -0.2) is 62.7 Å². The van der Waals surface area contributed by atoms with E-state index >= 15 is 0 Å². The predicted octanol–water partition coefficient (Wildman–Crippen LogP) is 2.97. The zero-order chi connectivity index (χ0) is 25.4. The van der Waals surface area contributed by atoms with Gasteiger partial charge in [-0.25, -0.2) is 0 Å². The lowest BCUT2D eigenvalue weighted by Crippen LogP contribution is -2.41. The summed E-state index contributed by atoms with van der Waals surface area (Å²) in [6.07, 6.45) is -10.6. The Morgan fingerprint density at radius 1 is 0.727 bits per heavy atom. The zero-order valence-electron chi connectivity index (χ0n) is 17.8. The zero-order valence-corrected chi connectivity index (χ0v) is 17.8. The molecule has 0 N–H and O–H groups in total. The van der Waals surface area contributed by atoms with Crippen molar-refractivity contribution in [3.05, 3.63) is 0 Å². The van der Waals surface area contributed by atoms with Gasteiger partial charge in [0.25, 0.3) is 0 Å². The summed E-state index contributed by atoms with van der Waals surface area (Å²) in [5.41, 5.74) is 0. The van der Waals surface area contributed by atoms with Gasteiger partial charge in [0.05, 0.1) is 23.7 Å². The fourth-order valence-corrected chi connectivity index (χ4v) is 3.02. The van der Waals surface area contributed by atoms with E-state index in [4.69, 9.17) is 9.47 Å². The minimum atomic E-state index is -4.87. The highest BCUT2D eigenvalue weighted by atomic mass is 19.4. The lowest BCUT2D eigenvalue weighted by Gasteiger charge is -2.32. The molecule has 0 spiro atoms. The van der Waals surface area contributed by atoms with E-state index in [1.807, 2.05) is 0 Å². The van der Waals surface area contributed by atoms with E-state index in [1.54, 1.807) is 13.8 Å². The molecule has 0 saturated heterocycles. The summed E-state index contributed by atoms with van der Waals surface area (Å²) in [5.74, 6) is -8.94. The van der Waals surface area contributed by atoms with Crippen LogP contribution in [0.25, 0.3) is 0 Å². The van der Waals surface area contributed by atoms with Crippen LogP contribution < -0.4 is 0 Å². The summed E-state index contributed by atoms with van der Waals surface area (Å²) < 4.78 is 92.1. The number of esters is 4. The SMILES string of the molecule is CC(C)C(=O)OCCOC(=O)C1CCC(C(=O)OCC(F)(F)F)C(C(=O)OCC(F)(F)F)C1. The summed E-state index contributed by atoms with van der Waals surface area (Å²) in [5, 5.41) is 0. The van der Waals surface area contributed by atoms with Crippen LogP contribution in [0.4, 0.5) is 26.3 Å². The first-order valence-electron chi connectivity index (χ1n) is 9.90. The molecule has 8 nitrogen and oxygen atoms in total. The third-order valence-electron chi connectivity index (χ3n) is 4.59. The van der Waals surface area contributed by atoms with Gasteiger partial charge in [-0.15, -0.1) is 0 Å². The monoisotopic (exact) mass is 494 g/mol. The molecule has 3 atom stereocenters. The van der Waals surface area contributed by atoms with Crippen molar-refractivity contribution >= 4 is 23.9 Å². The van der Waals surface area contributed by atoms with Crippen LogP contribution in [-0.2, 0) is 38.1 Å². The van der Waals surface area contributed by atoms with E-state index in [9.17, 15) is 45.5 Å². The summed E-state index contributed by atoms with van der Waals surface area (Å²) in [6.45, 7) is -1.31. The lowest BCUT2D eigenvalue weighted by atomic mass is 9.74. The second-order valence-corrected chi connectivity index (χ2v) is 7.66. The molecule has 0 bridgehead atoms. The fourth-order valence-electron chi connectivity index (χ4n) is 3.02. The maximum Gasteiger partial charge on any atom is 0.422 e. The largest absolute Gasteiger partial charge is 0.462 e. The molecule has 0 heterocycles. The van der Waals surface area contributed by atoms with Crippen LogP contribution in [0.15, 0.2) is 0 Å². The van der Waals surface area contributed by atoms with Crippen molar-refractivity contribution in [3.8, 4) is 0 Å². The van der Waals surface area contributed by atoms with Crippen LogP contribution in [0.5, 0.6) is 0 Å². The average molecular weight is 494 g/mol. The van der Waals surface area contributed by atoms with Gasteiger partial charge in [0, 0.05) is 0 Å². The highest BCUT2D eigenvalue weighted by Crippen LogP contribution is 2.37. The highest BCUT2D eigenvalue weighted by Gasteiger charge is 2.45. The molecule has 1 fully saturated rings. The molecule has 0 aromatic carbocycles. The Morgan fingerprint density at radius 2 is 1.21 bits per heavy atom. The van der Waals surface area contributed by atoms with Gasteiger partial charge in [-0.05, 0) is 19.3 Å². The Morgan fingerprint density at radius 3 is 1.70 bits per heavy atom. The van der Waals surface area contributed by atoms with Gasteiger partial charge in [-0.1, -0.05) is 13.8 Å². The quantitative estimate of drug-likeness (QED) is 0.209. The van der Waals surface area contributed by atoms with Gasteiger partial charge in [-0.3, -0.25) is 19.2 Å². The molecule has 1 rings (SSSR count). The number of alkyl halides is 6. The van der Waals surface area contributed by atoms with Crippen molar-refractivity contribution in [2.24, 2.45) is 23.7 Å². The van der Waals surface area contributed by atoms with Gasteiger partial charge in [0.2, 0.25) is 0 Å². The van der Waals surface area contributed by atoms with Gasteiger partial charge in [-0.2, -0.15) is 26.3 Å². The first kappa shape index (κ1) is 28.5. The molecule has 14 heteroatoms. The normalized spacial score (nSPS) is 21.3. The van der Waals surface area contributed by atoms with Gasteiger partial charge < -0.3 is 18.9 Å². The smallest absolute Gasteiger partial charge is 0.422 e. The first-order chi connectivity index (χ1) is 15.1. The number of halogens is 6.